The fraction of sp³-hybridized carbons (Fsp3) is 0.0196. The molecule has 0 aromatic heterocycles. The maximum absolute atomic E-state index is 10.2. The summed E-state index contributed by atoms with van der Waals surface area (Å²) in [7, 11) is 0. The van der Waals surface area contributed by atoms with E-state index in [4.69, 9.17) is 23.3 Å². The quantitative estimate of drug-likeness (QED) is 0.159. The molecule has 0 amide bonds. The molecule has 0 saturated heterocycles. The Bertz CT molecular complexity index is 4750. The summed E-state index contributed by atoms with van der Waals surface area (Å²) in [5, 5.41) is -5.07. The molecule has 0 bridgehead atoms. The second-order valence-electron chi connectivity index (χ2n) is 11.6. The highest BCUT2D eigenvalue weighted by Gasteiger charge is 2.17. The minimum atomic E-state index is -1.14. The van der Waals surface area contributed by atoms with Gasteiger partial charge in [-0.3, -0.25) is 0 Å². The average Bonchev–Trinajstić information content (AvgIpc) is 2.70. The lowest BCUT2D eigenvalue weighted by molar-refractivity contribution is 1.22. The molecule has 0 atom stereocenters. The van der Waals surface area contributed by atoms with E-state index in [0.717, 1.165) is 0 Å². The number of rotatable bonds is 5. The summed E-state index contributed by atoms with van der Waals surface area (Å²) in [6.45, 7) is 0. The maximum Gasteiger partial charge on any atom is 0.0633 e. The molecule has 0 aliphatic carbocycles. The molecule has 0 nitrogen and oxygen atoms in total. The molecule has 0 radical (unpaired) electrons. The van der Waals surface area contributed by atoms with Gasteiger partial charge in [-0.15, -0.1) is 0 Å². The second-order valence-corrected chi connectivity index (χ2v) is 11.6. The Morgan fingerprint density at radius 2 is 0.804 bits per heavy atom. The fourth-order valence-electron chi connectivity index (χ4n) is 6.65. The summed E-state index contributed by atoms with van der Waals surface area (Å²) in [5.41, 5.74) is -6.20. The van der Waals surface area contributed by atoms with Crippen molar-refractivity contribution in [3.8, 4) is 33.4 Å². The van der Waals surface area contributed by atoms with Crippen molar-refractivity contribution >= 4 is 64.6 Å². The molecule has 0 heteroatoms. The first-order valence-corrected chi connectivity index (χ1v) is 15.5. The van der Waals surface area contributed by atoms with Gasteiger partial charge in [-0.05, 0) is 116 Å². The zero-order valence-corrected chi connectivity index (χ0v) is 25.7. The molecule has 11 aromatic carbocycles. The smallest absolute Gasteiger partial charge is 0.0622 e. The Balaban J connectivity index is 1.37. The van der Waals surface area contributed by atoms with Crippen LogP contribution >= 0.6 is 0 Å². The van der Waals surface area contributed by atoms with E-state index in [1.165, 1.54) is 0 Å². The van der Waals surface area contributed by atoms with Crippen LogP contribution in [0.5, 0.6) is 0 Å². The van der Waals surface area contributed by atoms with Gasteiger partial charge in [0.25, 0.3) is 0 Å². The highest BCUT2D eigenvalue weighted by Crippen LogP contribution is 2.43. The summed E-state index contributed by atoms with van der Waals surface area (Å²) < 4.78 is 274. The zero-order chi connectivity index (χ0) is 59.6. The third kappa shape index (κ3) is 4.33. The van der Waals surface area contributed by atoms with Gasteiger partial charge in [-0.25, -0.2) is 0 Å². The van der Waals surface area contributed by atoms with Gasteiger partial charge in [-0.2, -0.15) is 0 Å². The van der Waals surface area contributed by atoms with Crippen LogP contribution in [0.1, 0.15) is 52.2 Å². The highest BCUT2D eigenvalue weighted by molar-refractivity contribution is 6.26. The Hall–Kier alpha value is -6.50. The number of hydrogen-bond donors (Lipinski definition) is 0. The summed E-state index contributed by atoms with van der Waals surface area (Å²) in [5.74, 6) is 0. The van der Waals surface area contributed by atoms with Crippen LogP contribution < -0.4 is 0 Å². The lowest BCUT2D eigenvalue weighted by atomic mass is 9.85. The van der Waals surface area contributed by atoms with Crippen LogP contribution in [-0.2, 0) is 6.42 Å². The minimum Gasteiger partial charge on any atom is -0.0622 e. The molecule has 0 unspecified atom stereocenters. The van der Waals surface area contributed by atoms with E-state index in [9.17, 15) is 17.8 Å². The van der Waals surface area contributed by atoms with Gasteiger partial charge in [0.2, 0.25) is 0 Å². The van der Waals surface area contributed by atoms with E-state index in [2.05, 4.69) is 0 Å². The van der Waals surface area contributed by atoms with Gasteiger partial charge in [0, 0.05) is 0 Å². The fourth-order valence-corrected chi connectivity index (χ4v) is 6.65. The van der Waals surface area contributed by atoms with E-state index in [0.29, 0.717) is 0 Å². The highest BCUT2D eigenvalue weighted by atomic mass is 14.2. The largest absolute Gasteiger partial charge is 0.0633 e. The normalized spacial score (nSPS) is 20.2. The lowest BCUT2D eigenvalue weighted by Crippen LogP contribution is -1.97. The molecule has 11 rings (SSSR count). The molecule has 0 fully saturated rings. The van der Waals surface area contributed by atoms with E-state index in [1.54, 1.807) is 0 Å². The monoisotopic (exact) mass is 674 g/mol. The van der Waals surface area contributed by atoms with Crippen LogP contribution in [0.2, 0.25) is 0 Å². The minimum absolute atomic E-state index is 0.277. The standard InChI is InChI=1S/C51H32/c1-2-8-32(9-3-1)42-26-25-39(30-41(42)31-40-21-20-37-18-16-33-10-6-12-35-22-27-44(40)50(37)48(33)35)43-14-4-5-15-45(43)46-28-23-38-19-17-34-11-7-13-36-24-29-47(46)51(38)49(34)36/h1-30H,31H2/i1D,2D,3D,4D,5D,6D,7D,8D,9D,10D,11D,12D,13D,14D,15D,16D,17D,18D,19D,20D,21D,22D,23D,24D,25D,26D,27D,28D,29D,30D. The van der Waals surface area contributed by atoms with Crippen LogP contribution in [0, 0.1) is 0 Å². The van der Waals surface area contributed by atoms with Crippen LogP contribution in [0.3, 0.4) is 0 Å². The van der Waals surface area contributed by atoms with Crippen molar-refractivity contribution in [2.45, 2.75) is 6.42 Å². The predicted molar refractivity (Wildman–Crippen MR) is 219 cm³/mol. The molecule has 0 aliphatic heterocycles. The van der Waals surface area contributed by atoms with Gasteiger partial charge < -0.3 is 0 Å². The first-order chi connectivity index (χ1) is 37.8. The molecule has 11 aromatic rings. The molecule has 0 saturated carbocycles. The Morgan fingerprint density at radius 1 is 0.294 bits per heavy atom. The van der Waals surface area contributed by atoms with E-state index in [-0.39, 0.29) is 21.5 Å². The van der Waals surface area contributed by atoms with Crippen molar-refractivity contribution in [1.29, 1.82) is 0 Å². The third-order valence-electron chi connectivity index (χ3n) is 8.88. The predicted octanol–water partition coefficient (Wildman–Crippen LogP) is 14.1. The second kappa shape index (κ2) is 11.0. The van der Waals surface area contributed by atoms with Crippen LogP contribution in [0.15, 0.2) is 181 Å². The first kappa shape index (κ1) is 11.8. The zero-order valence-electron chi connectivity index (χ0n) is 55.7. The molecule has 0 spiro atoms. The van der Waals surface area contributed by atoms with Gasteiger partial charge in [0.05, 0.1) is 41.1 Å². The first-order valence-electron chi connectivity index (χ1n) is 30.5. The molecule has 0 heterocycles. The van der Waals surface area contributed by atoms with Crippen LogP contribution in [0.25, 0.3) is 98.0 Å². The summed E-state index contributed by atoms with van der Waals surface area (Å²) in [4.78, 5) is 0. The van der Waals surface area contributed by atoms with E-state index < -0.39 is 275 Å². The molecule has 0 aliphatic rings. The number of benzene rings is 11. The van der Waals surface area contributed by atoms with Crippen LogP contribution in [-0.4, -0.2) is 0 Å². The van der Waals surface area contributed by atoms with E-state index in [1.807, 2.05) is 0 Å². The van der Waals surface area contributed by atoms with E-state index >= 15 is 0 Å². The van der Waals surface area contributed by atoms with Crippen molar-refractivity contribution in [3.05, 3.63) is 192 Å². The SMILES string of the molecule is [2H]c1c([2H])c([2H])c(-c2c([2H])c([2H])c(-c3c([2H])c([2H])c([2H])c([2H])c3-c3c([2H])c([2H])c4c([2H])c([2H])c5c([2H])c([2H])c([2H])c6c([2H])c([2H])c3c4c56)c([2H])c2Cc2c([2H])c([2H])c3c([2H])c([2H])c4c([2H])c([2H])c([2H])c5c([2H])c([2H])c2c3c45)c([2H])c1[2H]. The third-order valence-corrected chi connectivity index (χ3v) is 8.88. The van der Waals surface area contributed by atoms with Crippen molar-refractivity contribution in [2.24, 2.45) is 0 Å². The molecule has 0 N–H and O–H groups in total. The van der Waals surface area contributed by atoms with Crippen molar-refractivity contribution in [2.75, 3.05) is 0 Å². The van der Waals surface area contributed by atoms with Crippen molar-refractivity contribution in [1.82, 2.24) is 0 Å². The average molecular weight is 675 g/mol. The van der Waals surface area contributed by atoms with Crippen molar-refractivity contribution in [3.63, 3.8) is 0 Å². The molecular formula is C51H32. The number of hydrogen-bond acceptors (Lipinski definition) is 0. The topological polar surface area (TPSA) is 0 Å². The maximum atomic E-state index is 10.2. The molecule has 51 heavy (non-hydrogen) atoms. The Kier molecular flexibility index (Phi) is 2.54. The van der Waals surface area contributed by atoms with Gasteiger partial charge in [0.1, 0.15) is 0 Å². The summed E-state index contributed by atoms with van der Waals surface area (Å²) in [6.07, 6.45) is -1.05. The lowest BCUT2D eigenvalue weighted by Gasteiger charge is -2.19. The Morgan fingerprint density at radius 3 is 1.49 bits per heavy atom. The Labute approximate surface area is 338 Å². The van der Waals surface area contributed by atoms with Gasteiger partial charge in [0.15, 0.2) is 0 Å². The van der Waals surface area contributed by atoms with Gasteiger partial charge >= 0.3 is 0 Å². The summed E-state index contributed by atoms with van der Waals surface area (Å²) >= 11 is 0. The molecule has 236 valence electrons. The molecular weight excluding hydrogens is 613 g/mol. The van der Waals surface area contributed by atoms with Gasteiger partial charge in [-0.1, -0.05) is 181 Å². The van der Waals surface area contributed by atoms with Crippen molar-refractivity contribution < 1.29 is 41.1 Å². The summed E-state index contributed by atoms with van der Waals surface area (Å²) in [6, 6.07) is -26.6. The van der Waals surface area contributed by atoms with Crippen LogP contribution in [0.4, 0.5) is 0 Å².